The number of ether oxygens (including phenoxy) is 3. The van der Waals surface area contributed by atoms with Crippen molar-refractivity contribution in [1.82, 2.24) is 0 Å². The van der Waals surface area contributed by atoms with Gasteiger partial charge >= 0.3 is 5.97 Å². The Balaban J connectivity index is 2.22. The normalized spacial score (nSPS) is 49.3. The van der Waals surface area contributed by atoms with Crippen LogP contribution in [0, 0.1) is 0 Å². The van der Waals surface area contributed by atoms with Gasteiger partial charge in [-0.05, 0) is 0 Å². The maximum absolute atomic E-state index is 11.0. The summed E-state index contributed by atoms with van der Waals surface area (Å²) in [7, 11) is 0. The van der Waals surface area contributed by atoms with Crippen LogP contribution in [-0.4, -0.2) is 115 Å². The van der Waals surface area contributed by atoms with Crippen LogP contribution in [-0.2, 0) is 19.0 Å². The minimum atomic E-state index is -2.34. The van der Waals surface area contributed by atoms with Gasteiger partial charge in [0, 0.05) is 0 Å². The SMILES string of the molecule is O=C(O)C1O[C@H](O[C@]2(CO)O[C@H](CO)C(O)C2O)[C@@H](O)C(O)[C@H]1O. The van der Waals surface area contributed by atoms with Gasteiger partial charge in [0.25, 0.3) is 0 Å². The van der Waals surface area contributed by atoms with Crippen LogP contribution in [0.2, 0.25) is 0 Å². The highest BCUT2D eigenvalue weighted by atomic mass is 16.8. The molecule has 0 aromatic rings. The number of rotatable bonds is 5. The van der Waals surface area contributed by atoms with E-state index in [0.717, 1.165) is 0 Å². The van der Waals surface area contributed by atoms with E-state index in [9.17, 15) is 35.4 Å². The molecule has 12 heteroatoms. The maximum Gasteiger partial charge on any atom is 0.335 e. The number of aliphatic carboxylic acids is 1. The molecule has 2 saturated heterocycles. The van der Waals surface area contributed by atoms with Crippen LogP contribution >= 0.6 is 0 Å². The van der Waals surface area contributed by atoms with E-state index in [4.69, 9.17) is 24.4 Å². The van der Waals surface area contributed by atoms with Crippen LogP contribution in [0.25, 0.3) is 0 Å². The van der Waals surface area contributed by atoms with Gasteiger partial charge in [0.2, 0.25) is 5.79 Å². The van der Waals surface area contributed by atoms with Crippen molar-refractivity contribution in [2.45, 2.75) is 54.8 Å². The predicted molar refractivity (Wildman–Crippen MR) is 69.2 cm³/mol. The molecule has 2 fully saturated rings. The zero-order valence-electron chi connectivity index (χ0n) is 12.2. The van der Waals surface area contributed by atoms with Crippen LogP contribution < -0.4 is 0 Å². The van der Waals surface area contributed by atoms with Gasteiger partial charge in [-0.25, -0.2) is 4.79 Å². The first-order chi connectivity index (χ1) is 11.2. The minimum Gasteiger partial charge on any atom is -0.479 e. The Bertz CT molecular complexity index is 459. The lowest BCUT2D eigenvalue weighted by Crippen LogP contribution is -2.63. The smallest absolute Gasteiger partial charge is 0.335 e. The average Bonchev–Trinajstić information content (AvgIpc) is 2.80. The van der Waals surface area contributed by atoms with Crippen molar-refractivity contribution in [3.8, 4) is 0 Å². The van der Waals surface area contributed by atoms with Crippen molar-refractivity contribution in [1.29, 1.82) is 0 Å². The first-order valence-electron chi connectivity index (χ1n) is 7.04. The van der Waals surface area contributed by atoms with E-state index in [1.54, 1.807) is 0 Å². The minimum absolute atomic E-state index is 0.726. The van der Waals surface area contributed by atoms with Crippen molar-refractivity contribution in [2.24, 2.45) is 0 Å². The van der Waals surface area contributed by atoms with Gasteiger partial charge < -0.3 is 55.1 Å². The van der Waals surface area contributed by atoms with Crippen molar-refractivity contribution in [3.05, 3.63) is 0 Å². The molecule has 9 atom stereocenters. The Kier molecular flexibility index (Phi) is 5.76. The molecule has 4 unspecified atom stereocenters. The average molecular weight is 356 g/mol. The van der Waals surface area contributed by atoms with Crippen molar-refractivity contribution in [2.75, 3.05) is 13.2 Å². The first-order valence-corrected chi connectivity index (χ1v) is 7.04. The molecule has 0 radical (unpaired) electrons. The van der Waals surface area contributed by atoms with Crippen molar-refractivity contribution < 1.29 is 59.9 Å². The molecular formula is C12H20O12. The summed E-state index contributed by atoms with van der Waals surface area (Å²) in [6, 6.07) is 0. The molecule has 2 aliphatic rings. The molecule has 24 heavy (non-hydrogen) atoms. The van der Waals surface area contributed by atoms with Gasteiger partial charge in [-0.1, -0.05) is 0 Å². The highest BCUT2D eigenvalue weighted by molar-refractivity contribution is 5.73. The third-order valence-electron chi connectivity index (χ3n) is 4.03. The van der Waals surface area contributed by atoms with E-state index in [1.807, 2.05) is 0 Å². The Hall–Kier alpha value is -0.930. The van der Waals surface area contributed by atoms with E-state index in [2.05, 4.69) is 0 Å². The zero-order valence-corrected chi connectivity index (χ0v) is 12.2. The summed E-state index contributed by atoms with van der Waals surface area (Å²) in [5.74, 6) is -4.00. The fourth-order valence-corrected chi connectivity index (χ4v) is 2.62. The summed E-state index contributed by atoms with van der Waals surface area (Å²) in [5, 5.41) is 76.4. The Morgan fingerprint density at radius 1 is 1.00 bits per heavy atom. The molecule has 140 valence electrons. The quantitative estimate of drug-likeness (QED) is 0.232. The van der Waals surface area contributed by atoms with Crippen LogP contribution in [0.3, 0.4) is 0 Å². The van der Waals surface area contributed by atoms with Gasteiger partial charge in [0.1, 0.15) is 43.2 Å². The summed E-state index contributed by atoms with van der Waals surface area (Å²) < 4.78 is 15.0. The van der Waals surface area contributed by atoms with Crippen molar-refractivity contribution in [3.63, 3.8) is 0 Å². The fourth-order valence-electron chi connectivity index (χ4n) is 2.62. The molecular weight excluding hydrogens is 336 g/mol. The third kappa shape index (κ3) is 3.13. The predicted octanol–water partition coefficient (Wildman–Crippen LogP) is -5.30. The molecule has 0 aromatic carbocycles. The molecule has 0 spiro atoms. The van der Waals surface area contributed by atoms with Crippen LogP contribution in [0.15, 0.2) is 0 Å². The molecule has 0 aliphatic carbocycles. The summed E-state index contributed by atoms with van der Waals surface area (Å²) in [4.78, 5) is 11.0. The number of aliphatic hydroxyl groups excluding tert-OH is 7. The van der Waals surface area contributed by atoms with Crippen LogP contribution in [0.4, 0.5) is 0 Å². The molecule has 2 rings (SSSR count). The van der Waals surface area contributed by atoms with Crippen LogP contribution in [0.1, 0.15) is 0 Å². The lowest BCUT2D eigenvalue weighted by molar-refractivity contribution is -0.379. The van der Waals surface area contributed by atoms with Gasteiger partial charge in [-0.2, -0.15) is 0 Å². The zero-order chi connectivity index (χ0) is 18.2. The number of hydrogen-bond donors (Lipinski definition) is 8. The van der Waals surface area contributed by atoms with Gasteiger partial charge in [-0.15, -0.1) is 0 Å². The summed E-state index contributed by atoms with van der Waals surface area (Å²) in [6.07, 6.45) is -14.6. The molecule has 8 N–H and O–H groups in total. The molecule has 12 nitrogen and oxygen atoms in total. The Morgan fingerprint density at radius 2 is 1.62 bits per heavy atom. The number of hydrogen-bond acceptors (Lipinski definition) is 11. The van der Waals surface area contributed by atoms with Gasteiger partial charge in [0.15, 0.2) is 12.4 Å². The first kappa shape index (κ1) is 19.4. The van der Waals surface area contributed by atoms with Gasteiger partial charge in [0.05, 0.1) is 6.61 Å². The monoisotopic (exact) mass is 356 g/mol. The van der Waals surface area contributed by atoms with E-state index in [-0.39, 0.29) is 0 Å². The molecule has 0 bridgehead atoms. The second kappa shape index (κ2) is 7.13. The van der Waals surface area contributed by atoms with E-state index >= 15 is 0 Å². The van der Waals surface area contributed by atoms with Crippen LogP contribution in [0.5, 0.6) is 0 Å². The molecule has 0 amide bonds. The number of carboxylic acid groups (broad SMARTS) is 1. The van der Waals surface area contributed by atoms with E-state index in [1.165, 1.54) is 0 Å². The highest BCUT2D eigenvalue weighted by Crippen LogP contribution is 2.35. The summed E-state index contributed by atoms with van der Waals surface area (Å²) in [6.45, 7) is -1.78. The molecule has 0 aromatic heterocycles. The molecule has 0 saturated carbocycles. The number of aliphatic hydroxyl groups is 7. The lowest BCUT2D eigenvalue weighted by atomic mass is 9.98. The maximum atomic E-state index is 11.0. The largest absolute Gasteiger partial charge is 0.479 e. The molecule has 2 heterocycles. The van der Waals surface area contributed by atoms with E-state index in [0.29, 0.717) is 0 Å². The Labute approximate surface area is 135 Å². The summed E-state index contributed by atoms with van der Waals surface area (Å²) in [5.41, 5.74) is 0. The van der Waals surface area contributed by atoms with E-state index < -0.39 is 74.0 Å². The van der Waals surface area contributed by atoms with Crippen molar-refractivity contribution >= 4 is 5.97 Å². The Morgan fingerprint density at radius 3 is 2.08 bits per heavy atom. The van der Waals surface area contributed by atoms with Gasteiger partial charge in [-0.3, -0.25) is 0 Å². The summed E-state index contributed by atoms with van der Waals surface area (Å²) >= 11 is 0. The second-order valence-corrected chi connectivity index (χ2v) is 5.60. The lowest BCUT2D eigenvalue weighted by Gasteiger charge is -2.42. The fraction of sp³-hybridized carbons (Fsp3) is 0.917. The molecule has 2 aliphatic heterocycles. The highest BCUT2D eigenvalue weighted by Gasteiger charge is 2.58. The standard InChI is InChI=1S/C12H20O12/c13-1-3-4(15)9(19)12(2-14,23-3)24-11-7(18)5(16)6(17)8(22-11)10(20)21/h3-9,11,13-19H,1-2H2,(H,20,21)/t3-,4?,5?,6-,7+,8?,9?,11-,12+/m1/s1. The number of carbonyl (C=O) groups is 1. The number of carboxylic acids is 1. The topological polar surface area (TPSA) is 207 Å². The second-order valence-electron chi connectivity index (χ2n) is 5.60. The third-order valence-corrected chi connectivity index (χ3v) is 4.03.